The number of hydrogen-bond acceptors (Lipinski definition) is 3. The third kappa shape index (κ3) is 3.04. The summed E-state index contributed by atoms with van der Waals surface area (Å²) in [6.45, 7) is 1.93. The van der Waals surface area contributed by atoms with Gasteiger partial charge in [-0.2, -0.15) is 5.26 Å². The summed E-state index contributed by atoms with van der Waals surface area (Å²) in [6.07, 6.45) is 0. The third-order valence-corrected chi connectivity index (χ3v) is 3.64. The maximum atomic E-state index is 14.2. The summed E-state index contributed by atoms with van der Waals surface area (Å²) in [7, 11) is 3.70. The molecule has 0 radical (unpaired) electrons. The molecule has 0 aromatic heterocycles. The molecule has 4 heteroatoms. The van der Waals surface area contributed by atoms with Crippen molar-refractivity contribution in [3.05, 3.63) is 59.4 Å². The molecule has 0 heterocycles. The molecule has 2 rings (SSSR count). The molecule has 0 fully saturated rings. The summed E-state index contributed by atoms with van der Waals surface area (Å²) < 4.78 is 14.2. The maximum absolute atomic E-state index is 14.2. The van der Waals surface area contributed by atoms with E-state index in [4.69, 9.17) is 5.26 Å². The minimum Gasteiger partial charge on any atom is -0.344 e. The minimum atomic E-state index is -0.227. The second kappa shape index (κ2) is 6.38. The average molecular weight is 283 g/mol. The van der Waals surface area contributed by atoms with Gasteiger partial charge in [0.15, 0.2) is 0 Å². The summed E-state index contributed by atoms with van der Waals surface area (Å²) in [5.74, 6) is -0.227. The van der Waals surface area contributed by atoms with E-state index in [1.807, 2.05) is 44.1 Å². The predicted octanol–water partition coefficient (Wildman–Crippen LogP) is 3.75. The van der Waals surface area contributed by atoms with Gasteiger partial charge in [-0.05, 0) is 50.4 Å². The van der Waals surface area contributed by atoms with Crippen LogP contribution in [0, 0.1) is 17.1 Å². The molecular formula is C17H18FN3. The number of benzene rings is 2. The van der Waals surface area contributed by atoms with E-state index in [9.17, 15) is 4.39 Å². The molecule has 0 spiro atoms. The van der Waals surface area contributed by atoms with Crippen molar-refractivity contribution < 1.29 is 4.39 Å². The number of nitrogens with zero attached hydrogens (tertiary/aromatic N) is 2. The molecule has 108 valence electrons. The number of rotatable bonds is 4. The molecule has 0 amide bonds. The number of hydrogen-bond donors (Lipinski definition) is 1. The van der Waals surface area contributed by atoms with E-state index in [1.165, 1.54) is 6.07 Å². The van der Waals surface area contributed by atoms with Gasteiger partial charge in [-0.1, -0.05) is 6.07 Å². The Morgan fingerprint density at radius 1 is 1.19 bits per heavy atom. The summed E-state index contributed by atoms with van der Waals surface area (Å²) in [6, 6.07) is 14.3. The van der Waals surface area contributed by atoms with Crippen LogP contribution in [-0.2, 0) is 0 Å². The topological polar surface area (TPSA) is 39.1 Å². The van der Waals surface area contributed by atoms with Gasteiger partial charge in [0.1, 0.15) is 5.82 Å². The molecule has 21 heavy (non-hydrogen) atoms. The smallest absolute Gasteiger partial charge is 0.130 e. The molecular weight excluding hydrogens is 265 g/mol. The van der Waals surface area contributed by atoms with Crippen molar-refractivity contribution in [1.82, 2.24) is 5.32 Å². The number of nitrogens with one attached hydrogen (secondary N) is 1. The lowest BCUT2D eigenvalue weighted by molar-refractivity contribution is 0.562. The van der Waals surface area contributed by atoms with Gasteiger partial charge in [-0.3, -0.25) is 0 Å². The first-order valence-electron chi connectivity index (χ1n) is 6.78. The van der Waals surface area contributed by atoms with Gasteiger partial charge >= 0.3 is 0 Å². The van der Waals surface area contributed by atoms with E-state index in [0.717, 1.165) is 11.4 Å². The van der Waals surface area contributed by atoms with Gasteiger partial charge in [0.2, 0.25) is 0 Å². The molecule has 1 N–H and O–H groups in total. The van der Waals surface area contributed by atoms with Crippen molar-refractivity contribution in [2.45, 2.75) is 13.0 Å². The molecule has 0 aliphatic carbocycles. The molecule has 1 atom stereocenters. The van der Waals surface area contributed by atoms with Crippen molar-refractivity contribution in [2.75, 3.05) is 19.0 Å². The molecule has 2 aromatic carbocycles. The first-order valence-corrected chi connectivity index (χ1v) is 6.78. The van der Waals surface area contributed by atoms with Crippen LogP contribution in [-0.4, -0.2) is 14.1 Å². The fourth-order valence-corrected chi connectivity index (χ4v) is 2.29. The van der Waals surface area contributed by atoms with Gasteiger partial charge in [-0.25, -0.2) is 4.39 Å². The highest BCUT2D eigenvalue weighted by Crippen LogP contribution is 2.32. The largest absolute Gasteiger partial charge is 0.344 e. The Bertz CT molecular complexity index is 659. The average Bonchev–Trinajstić information content (AvgIpc) is 2.53. The van der Waals surface area contributed by atoms with Crippen LogP contribution in [0.25, 0.3) is 0 Å². The Balaban J connectivity index is 2.45. The van der Waals surface area contributed by atoms with Crippen molar-refractivity contribution in [2.24, 2.45) is 0 Å². The van der Waals surface area contributed by atoms with E-state index in [-0.39, 0.29) is 11.9 Å². The quantitative estimate of drug-likeness (QED) is 0.929. The van der Waals surface area contributed by atoms with Crippen LogP contribution in [0.1, 0.15) is 24.1 Å². The lowest BCUT2D eigenvalue weighted by atomic mass is 10.0. The van der Waals surface area contributed by atoms with Crippen LogP contribution in [0.15, 0.2) is 42.5 Å². The SMILES string of the molecule is CNC(C)c1c(F)cccc1N(C)c1ccc(C#N)cc1. The molecule has 0 bridgehead atoms. The number of nitriles is 1. The summed E-state index contributed by atoms with van der Waals surface area (Å²) in [4.78, 5) is 1.92. The summed E-state index contributed by atoms with van der Waals surface area (Å²) in [5.41, 5.74) is 2.95. The number of halogens is 1. The maximum Gasteiger partial charge on any atom is 0.130 e. The Kier molecular flexibility index (Phi) is 4.56. The van der Waals surface area contributed by atoms with Crippen LogP contribution in [0.3, 0.4) is 0 Å². The first-order chi connectivity index (χ1) is 10.1. The van der Waals surface area contributed by atoms with Crippen molar-refractivity contribution in [3.63, 3.8) is 0 Å². The Morgan fingerprint density at radius 3 is 2.43 bits per heavy atom. The zero-order chi connectivity index (χ0) is 15.4. The van der Waals surface area contributed by atoms with Gasteiger partial charge in [-0.15, -0.1) is 0 Å². The lowest BCUT2D eigenvalue weighted by Crippen LogP contribution is -2.19. The molecule has 0 saturated heterocycles. The highest BCUT2D eigenvalue weighted by atomic mass is 19.1. The van der Waals surface area contributed by atoms with Gasteiger partial charge in [0.05, 0.1) is 11.6 Å². The van der Waals surface area contributed by atoms with Crippen LogP contribution in [0.2, 0.25) is 0 Å². The van der Waals surface area contributed by atoms with Crippen LogP contribution < -0.4 is 10.2 Å². The fourth-order valence-electron chi connectivity index (χ4n) is 2.29. The normalized spacial score (nSPS) is 11.8. The highest BCUT2D eigenvalue weighted by molar-refractivity contribution is 5.67. The van der Waals surface area contributed by atoms with E-state index in [0.29, 0.717) is 11.1 Å². The minimum absolute atomic E-state index is 0.0953. The van der Waals surface area contributed by atoms with Gasteiger partial charge in [0.25, 0.3) is 0 Å². The van der Waals surface area contributed by atoms with Crippen LogP contribution >= 0.6 is 0 Å². The van der Waals surface area contributed by atoms with Crippen molar-refractivity contribution in [1.29, 1.82) is 5.26 Å². The second-order valence-electron chi connectivity index (χ2n) is 4.90. The predicted molar refractivity (Wildman–Crippen MR) is 83.1 cm³/mol. The molecule has 3 nitrogen and oxygen atoms in total. The zero-order valence-corrected chi connectivity index (χ0v) is 12.4. The van der Waals surface area contributed by atoms with E-state index in [2.05, 4.69) is 11.4 Å². The third-order valence-electron chi connectivity index (χ3n) is 3.64. The monoisotopic (exact) mass is 283 g/mol. The second-order valence-corrected chi connectivity index (χ2v) is 4.90. The Hall–Kier alpha value is -2.38. The zero-order valence-electron chi connectivity index (χ0n) is 12.4. The first kappa shape index (κ1) is 15.0. The Morgan fingerprint density at radius 2 is 1.86 bits per heavy atom. The summed E-state index contributed by atoms with van der Waals surface area (Å²) in [5, 5.41) is 11.9. The molecule has 0 saturated carbocycles. The molecule has 1 unspecified atom stereocenters. The molecule has 0 aliphatic heterocycles. The molecule has 0 aliphatic rings. The standard InChI is InChI=1S/C17H18FN3/c1-12(20-2)17-15(18)5-4-6-16(17)21(3)14-9-7-13(11-19)8-10-14/h4-10,12,20H,1-3H3. The number of anilines is 2. The van der Waals surface area contributed by atoms with Crippen molar-refractivity contribution >= 4 is 11.4 Å². The van der Waals surface area contributed by atoms with Crippen LogP contribution in [0.4, 0.5) is 15.8 Å². The van der Waals surface area contributed by atoms with Crippen LogP contribution in [0.5, 0.6) is 0 Å². The Labute approximate surface area is 124 Å². The summed E-state index contributed by atoms with van der Waals surface area (Å²) >= 11 is 0. The van der Waals surface area contributed by atoms with Crippen molar-refractivity contribution in [3.8, 4) is 6.07 Å². The lowest BCUT2D eigenvalue weighted by Gasteiger charge is -2.25. The van der Waals surface area contributed by atoms with E-state index < -0.39 is 0 Å². The van der Waals surface area contributed by atoms with Gasteiger partial charge in [0, 0.05) is 30.0 Å². The highest BCUT2D eigenvalue weighted by Gasteiger charge is 2.17. The van der Waals surface area contributed by atoms with Gasteiger partial charge < -0.3 is 10.2 Å². The molecule has 2 aromatic rings. The van der Waals surface area contributed by atoms with E-state index >= 15 is 0 Å². The van der Waals surface area contributed by atoms with E-state index in [1.54, 1.807) is 18.2 Å². The fraction of sp³-hybridized carbons (Fsp3) is 0.235.